The molecule has 3 heterocycles. The second kappa shape index (κ2) is 7.82. The molecule has 0 bridgehead atoms. The van der Waals surface area contributed by atoms with E-state index in [1.165, 1.54) is 22.2 Å². The number of aromatic nitrogens is 2. The summed E-state index contributed by atoms with van der Waals surface area (Å²) in [5.74, 6) is 0.446. The second-order valence-electron chi connectivity index (χ2n) is 6.36. The number of aliphatic hydroxyl groups is 1. The van der Waals surface area contributed by atoms with Crippen LogP contribution in [0.25, 0.3) is 10.2 Å². The highest BCUT2D eigenvalue weighted by Crippen LogP contribution is 2.35. The fraction of sp³-hybridized carbons (Fsp3) is 0.444. The van der Waals surface area contributed by atoms with Gasteiger partial charge in [-0.1, -0.05) is 17.8 Å². The van der Waals surface area contributed by atoms with Crippen LogP contribution in [0.4, 0.5) is 0 Å². The van der Waals surface area contributed by atoms with E-state index in [1.54, 1.807) is 34.3 Å². The van der Waals surface area contributed by atoms with Crippen molar-refractivity contribution in [3.8, 4) is 0 Å². The van der Waals surface area contributed by atoms with Crippen molar-refractivity contribution in [2.75, 3.05) is 12.4 Å². The van der Waals surface area contributed by atoms with Crippen LogP contribution in [0.5, 0.6) is 0 Å². The topological polar surface area (TPSA) is 64.3 Å². The van der Waals surface area contributed by atoms with E-state index in [1.807, 2.05) is 17.5 Å². The minimum atomic E-state index is -0.596. The quantitative estimate of drug-likeness (QED) is 0.480. The first-order valence-corrected chi connectivity index (χ1v) is 11.2. The Morgan fingerprint density at radius 2 is 2.35 bits per heavy atom. The summed E-state index contributed by atoms with van der Waals surface area (Å²) in [7, 11) is 1.76. The zero-order chi connectivity index (χ0) is 18.1. The first-order chi connectivity index (χ1) is 12.6. The fourth-order valence-corrected chi connectivity index (χ4v) is 5.96. The molecule has 0 fully saturated rings. The molecule has 0 saturated carbocycles. The van der Waals surface area contributed by atoms with Crippen molar-refractivity contribution in [2.45, 2.75) is 37.1 Å². The van der Waals surface area contributed by atoms with Gasteiger partial charge < -0.3 is 9.84 Å². The maximum atomic E-state index is 12.7. The molecule has 1 atom stereocenters. The number of rotatable bonds is 7. The van der Waals surface area contributed by atoms with Crippen molar-refractivity contribution >= 4 is 44.7 Å². The third kappa shape index (κ3) is 3.61. The third-order valence-electron chi connectivity index (χ3n) is 4.44. The standard InChI is InChI=1S/C18H20N2O3S3/c1-20-17(22)15-13-5-2-6-14(13)26-16(15)19-18(20)25-10-11(21)8-23-9-12-4-3-7-24-12/h3-4,7,11,21H,2,5-6,8-10H2,1H3/t11-/m1/s1. The van der Waals surface area contributed by atoms with Crippen LogP contribution in [0.2, 0.25) is 0 Å². The predicted octanol–water partition coefficient (Wildman–Crippen LogP) is 3.22. The van der Waals surface area contributed by atoms with Crippen LogP contribution in [0, 0.1) is 0 Å². The molecule has 3 aromatic heterocycles. The highest BCUT2D eigenvalue weighted by Gasteiger charge is 2.22. The Bertz CT molecular complexity index is 962. The summed E-state index contributed by atoms with van der Waals surface area (Å²) >= 11 is 4.69. The maximum absolute atomic E-state index is 12.7. The van der Waals surface area contributed by atoms with E-state index < -0.39 is 6.10 Å². The number of aryl methyl sites for hydroxylation is 2. The van der Waals surface area contributed by atoms with Crippen molar-refractivity contribution in [1.29, 1.82) is 0 Å². The molecule has 5 nitrogen and oxygen atoms in total. The molecule has 1 aliphatic rings. The first-order valence-electron chi connectivity index (χ1n) is 8.55. The van der Waals surface area contributed by atoms with E-state index in [9.17, 15) is 9.90 Å². The van der Waals surface area contributed by atoms with Gasteiger partial charge in [-0.2, -0.15) is 0 Å². The van der Waals surface area contributed by atoms with E-state index in [2.05, 4.69) is 4.98 Å². The SMILES string of the molecule is Cn1c(SC[C@H](O)COCc2cccs2)nc2sc3c(c2c1=O)CCC3. The molecular weight excluding hydrogens is 388 g/mol. The van der Waals surface area contributed by atoms with Crippen LogP contribution in [0.1, 0.15) is 21.7 Å². The van der Waals surface area contributed by atoms with Crippen LogP contribution in [0.15, 0.2) is 27.5 Å². The van der Waals surface area contributed by atoms with Gasteiger partial charge in [-0.3, -0.25) is 9.36 Å². The second-order valence-corrected chi connectivity index (χ2v) is 9.46. The van der Waals surface area contributed by atoms with E-state index in [0.717, 1.165) is 34.4 Å². The lowest BCUT2D eigenvalue weighted by Gasteiger charge is -2.12. The molecule has 138 valence electrons. The molecule has 4 rings (SSSR count). The van der Waals surface area contributed by atoms with Crippen molar-refractivity contribution < 1.29 is 9.84 Å². The van der Waals surface area contributed by atoms with Crippen molar-refractivity contribution in [1.82, 2.24) is 9.55 Å². The van der Waals surface area contributed by atoms with E-state index in [-0.39, 0.29) is 12.2 Å². The first kappa shape index (κ1) is 18.2. The summed E-state index contributed by atoms with van der Waals surface area (Å²) in [5.41, 5.74) is 1.23. The van der Waals surface area contributed by atoms with Gasteiger partial charge in [-0.15, -0.1) is 22.7 Å². The molecule has 0 aliphatic heterocycles. The van der Waals surface area contributed by atoms with Crippen LogP contribution >= 0.6 is 34.4 Å². The van der Waals surface area contributed by atoms with E-state index >= 15 is 0 Å². The third-order valence-corrected chi connectivity index (χ3v) is 7.66. The molecule has 1 N–H and O–H groups in total. The van der Waals surface area contributed by atoms with Gasteiger partial charge in [0.15, 0.2) is 5.16 Å². The van der Waals surface area contributed by atoms with Gasteiger partial charge in [0, 0.05) is 22.6 Å². The average molecular weight is 409 g/mol. The summed E-state index contributed by atoms with van der Waals surface area (Å²) in [6.45, 7) is 0.789. The smallest absolute Gasteiger partial charge is 0.262 e. The number of hydrogen-bond acceptors (Lipinski definition) is 7. The Labute approximate surface area is 163 Å². The molecule has 0 aromatic carbocycles. The molecule has 0 saturated heterocycles. The van der Waals surface area contributed by atoms with E-state index in [4.69, 9.17) is 4.74 Å². The highest BCUT2D eigenvalue weighted by molar-refractivity contribution is 7.99. The number of ether oxygens (including phenoxy) is 1. The number of thioether (sulfide) groups is 1. The highest BCUT2D eigenvalue weighted by atomic mass is 32.2. The van der Waals surface area contributed by atoms with Crippen molar-refractivity contribution in [3.05, 3.63) is 43.2 Å². The number of thiophene rings is 2. The Morgan fingerprint density at radius 3 is 3.15 bits per heavy atom. The summed E-state index contributed by atoms with van der Waals surface area (Å²) in [6.07, 6.45) is 2.58. The van der Waals surface area contributed by atoms with Gasteiger partial charge in [-0.05, 0) is 36.3 Å². The molecule has 0 unspecified atom stereocenters. The largest absolute Gasteiger partial charge is 0.390 e. The normalized spacial score (nSPS) is 14.8. The summed E-state index contributed by atoms with van der Waals surface area (Å²) in [6, 6.07) is 4.00. The molecule has 0 spiro atoms. The lowest BCUT2D eigenvalue weighted by atomic mass is 10.2. The number of hydrogen-bond donors (Lipinski definition) is 1. The number of aliphatic hydroxyl groups excluding tert-OH is 1. The van der Waals surface area contributed by atoms with Crippen LogP contribution in [0.3, 0.4) is 0 Å². The van der Waals surface area contributed by atoms with Gasteiger partial charge in [0.25, 0.3) is 5.56 Å². The van der Waals surface area contributed by atoms with Crippen LogP contribution in [-0.4, -0.2) is 33.1 Å². The Kier molecular flexibility index (Phi) is 5.47. The molecule has 0 radical (unpaired) electrons. The lowest BCUT2D eigenvalue weighted by molar-refractivity contribution is 0.0408. The Morgan fingerprint density at radius 1 is 1.46 bits per heavy atom. The minimum absolute atomic E-state index is 0.0281. The van der Waals surface area contributed by atoms with Crippen molar-refractivity contribution in [3.63, 3.8) is 0 Å². The number of fused-ring (bicyclic) bond motifs is 3. The summed E-state index contributed by atoms with van der Waals surface area (Å²) in [5, 5.41) is 13.6. The molecule has 26 heavy (non-hydrogen) atoms. The summed E-state index contributed by atoms with van der Waals surface area (Å²) in [4.78, 5) is 20.7. The van der Waals surface area contributed by atoms with Gasteiger partial charge in [0.2, 0.25) is 0 Å². The maximum Gasteiger partial charge on any atom is 0.262 e. The van der Waals surface area contributed by atoms with Crippen LogP contribution in [-0.2, 0) is 31.2 Å². The van der Waals surface area contributed by atoms with Gasteiger partial charge >= 0.3 is 0 Å². The van der Waals surface area contributed by atoms with Crippen molar-refractivity contribution in [2.24, 2.45) is 7.05 Å². The molecule has 1 aliphatic carbocycles. The number of nitrogens with zero attached hydrogens (tertiary/aromatic N) is 2. The zero-order valence-corrected chi connectivity index (χ0v) is 16.9. The monoisotopic (exact) mass is 408 g/mol. The molecule has 3 aromatic rings. The zero-order valence-electron chi connectivity index (χ0n) is 14.4. The minimum Gasteiger partial charge on any atom is -0.390 e. The van der Waals surface area contributed by atoms with Gasteiger partial charge in [0.05, 0.1) is 24.7 Å². The lowest BCUT2D eigenvalue weighted by Crippen LogP contribution is -2.22. The Hall–Kier alpha value is -1.19. The predicted molar refractivity (Wildman–Crippen MR) is 108 cm³/mol. The van der Waals surface area contributed by atoms with Gasteiger partial charge in [-0.25, -0.2) is 4.98 Å². The van der Waals surface area contributed by atoms with E-state index in [0.29, 0.717) is 17.5 Å². The summed E-state index contributed by atoms with van der Waals surface area (Å²) < 4.78 is 7.16. The molecule has 0 amide bonds. The average Bonchev–Trinajstić information content (AvgIpc) is 3.33. The molecule has 8 heteroatoms. The van der Waals surface area contributed by atoms with Crippen LogP contribution < -0.4 is 5.56 Å². The fourth-order valence-electron chi connectivity index (χ4n) is 3.14. The Balaban J connectivity index is 1.41. The van der Waals surface area contributed by atoms with Gasteiger partial charge in [0.1, 0.15) is 4.83 Å². The molecular formula is C18H20N2O3S3.